The van der Waals surface area contributed by atoms with Crippen LogP contribution >= 0.6 is 0 Å². The van der Waals surface area contributed by atoms with Crippen molar-refractivity contribution >= 4 is 12.0 Å². The fourth-order valence-corrected chi connectivity index (χ4v) is 3.55. The van der Waals surface area contributed by atoms with E-state index in [0.29, 0.717) is 11.3 Å². The molecule has 1 aromatic heterocycles. The molecular weight excluding hydrogens is 408 g/mol. The Morgan fingerprint density at radius 2 is 1.64 bits per heavy atom. The lowest BCUT2D eigenvalue weighted by atomic mass is 10.0. The first kappa shape index (κ1) is 21.8. The summed E-state index contributed by atoms with van der Waals surface area (Å²) in [6.07, 6.45) is 3.45. The minimum Gasteiger partial charge on any atom is -0.345 e. The fraction of sp³-hybridized carbons (Fsp3) is 0.107. The Balaban J connectivity index is 1.71. The van der Waals surface area contributed by atoms with E-state index in [4.69, 9.17) is 5.10 Å². The van der Waals surface area contributed by atoms with Crippen molar-refractivity contribution in [3.05, 3.63) is 113 Å². The Morgan fingerprint density at radius 3 is 2.27 bits per heavy atom. The molecule has 0 fully saturated rings. The predicted molar refractivity (Wildman–Crippen MR) is 130 cm³/mol. The van der Waals surface area contributed by atoms with Crippen molar-refractivity contribution < 1.29 is 4.79 Å². The lowest BCUT2D eigenvalue weighted by Gasteiger charge is -2.13. The standard InChI is InChI=1S/C28H24N4O/c1-20-13-15-23(16-14-20)27-25(19-32(31-27)26-11-7-4-8-12-26)17-24(18-29)28(33)30-21(2)22-9-5-3-6-10-22/h3-17,19,21H,1-2H3,(H,30,33)/b24-17+. The van der Waals surface area contributed by atoms with E-state index in [1.54, 1.807) is 10.8 Å². The SMILES string of the molecule is Cc1ccc(-c2nn(-c3ccccc3)cc2/C=C(\C#N)C(=O)NC(C)c2ccccc2)cc1. The van der Waals surface area contributed by atoms with Crippen LogP contribution in [0.3, 0.4) is 0 Å². The van der Waals surface area contributed by atoms with Gasteiger partial charge in [0.15, 0.2) is 0 Å². The summed E-state index contributed by atoms with van der Waals surface area (Å²) in [5.74, 6) is -0.420. The van der Waals surface area contributed by atoms with Crippen LogP contribution in [0.5, 0.6) is 0 Å². The van der Waals surface area contributed by atoms with Crippen LogP contribution in [0.4, 0.5) is 0 Å². The van der Waals surface area contributed by atoms with Crippen molar-refractivity contribution in [2.45, 2.75) is 19.9 Å². The van der Waals surface area contributed by atoms with E-state index in [9.17, 15) is 10.1 Å². The maximum atomic E-state index is 12.9. The van der Waals surface area contributed by atoms with Gasteiger partial charge in [-0.15, -0.1) is 0 Å². The largest absolute Gasteiger partial charge is 0.345 e. The average molecular weight is 433 g/mol. The summed E-state index contributed by atoms with van der Waals surface area (Å²) in [6.45, 7) is 3.92. The number of aromatic nitrogens is 2. The molecule has 33 heavy (non-hydrogen) atoms. The van der Waals surface area contributed by atoms with Crippen molar-refractivity contribution in [2.24, 2.45) is 0 Å². The highest BCUT2D eigenvalue weighted by Gasteiger charge is 2.17. The van der Waals surface area contributed by atoms with Crippen molar-refractivity contribution in [3.8, 4) is 23.0 Å². The molecule has 0 saturated carbocycles. The second kappa shape index (κ2) is 9.80. The number of rotatable bonds is 6. The number of aryl methyl sites for hydroxylation is 1. The van der Waals surface area contributed by atoms with Gasteiger partial charge in [0.25, 0.3) is 5.91 Å². The molecule has 0 bridgehead atoms. The van der Waals surface area contributed by atoms with Gasteiger partial charge in [-0.25, -0.2) is 4.68 Å². The molecule has 3 aromatic carbocycles. The van der Waals surface area contributed by atoms with Gasteiger partial charge in [0.1, 0.15) is 11.6 Å². The van der Waals surface area contributed by atoms with Gasteiger partial charge in [0.05, 0.1) is 17.4 Å². The van der Waals surface area contributed by atoms with E-state index >= 15 is 0 Å². The predicted octanol–water partition coefficient (Wildman–Crippen LogP) is 5.63. The van der Waals surface area contributed by atoms with E-state index in [-0.39, 0.29) is 11.6 Å². The number of carbonyl (C=O) groups is 1. The number of hydrogen-bond donors (Lipinski definition) is 1. The van der Waals surface area contributed by atoms with Crippen LogP contribution in [0.2, 0.25) is 0 Å². The van der Waals surface area contributed by atoms with Gasteiger partial charge in [-0.1, -0.05) is 78.4 Å². The number of nitrogens with zero attached hydrogens (tertiary/aromatic N) is 3. The highest BCUT2D eigenvalue weighted by atomic mass is 16.1. The summed E-state index contributed by atoms with van der Waals surface area (Å²) in [6, 6.07) is 29.3. The number of hydrogen-bond acceptors (Lipinski definition) is 3. The van der Waals surface area contributed by atoms with Gasteiger partial charge in [-0.05, 0) is 37.6 Å². The number of para-hydroxylation sites is 1. The third kappa shape index (κ3) is 5.08. The molecule has 5 heteroatoms. The van der Waals surface area contributed by atoms with Gasteiger partial charge in [-0.3, -0.25) is 4.79 Å². The van der Waals surface area contributed by atoms with Crippen molar-refractivity contribution in [3.63, 3.8) is 0 Å². The van der Waals surface area contributed by atoms with Crippen molar-refractivity contribution in [1.82, 2.24) is 15.1 Å². The highest BCUT2D eigenvalue weighted by molar-refractivity contribution is 6.02. The number of nitrogens with one attached hydrogen (secondary N) is 1. The Kier molecular flexibility index (Phi) is 6.47. The molecule has 1 amide bonds. The molecule has 5 nitrogen and oxygen atoms in total. The molecule has 162 valence electrons. The molecule has 0 aliphatic heterocycles. The van der Waals surface area contributed by atoms with E-state index in [0.717, 1.165) is 22.4 Å². The van der Waals surface area contributed by atoms with E-state index in [1.165, 1.54) is 0 Å². The van der Waals surface area contributed by atoms with Gasteiger partial charge < -0.3 is 5.32 Å². The molecule has 0 aliphatic carbocycles. The number of benzene rings is 3. The quantitative estimate of drug-likeness (QED) is 0.317. The van der Waals surface area contributed by atoms with Crippen molar-refractivity contribution in [2.75, 3.05) is 0 Å². The fourth-order valence-electron chi connectivity index (χ4n) is 3.55. The van der Waals surface area contributed by atoms with Crippen LogP contribution in [0.1, 0.15) is 29.7 Å². The van der Waals surface area contributed by atoms with E-state index in [1.807, 2.05) is 105 Å². The van der Waals surface area contributed by atoms with Crippen molar-refractivity contribution in [1.29, 1.82) is 5.26 Å². The summed E-state index contributed by atoms with van der Waals surface area (Å²) < 4.78 is 1.76. The highest BCUT2D eigenvalue weighted by Crippen LogP contribution is 2.26. The van der Waals surface area contributed by atoms with Crippen LogP contribution in [-0.2, 0) is 4.79 Å². The number of nitriles is 1. The van der Waals surface area contributed by atoms with E-state index < -0.39 is 5.91 Å². The molecule has 4 aromatic rings. The maximum Gasteiger partial charge on any atom is 0.262 e. The Labute approximate surface area is 193 Å². The minimum absolute atomic E-state index is 0.0266. The number of carbonyl (C=O) groups excluding carboxylic acids is 1. The second-order valence-electron chi connectivity index (χ2n) is 7.85. The number of amides is 1. The first-order chi connectivity index (χ1) is 16.0. The van der Waals surface area contributed by atoms with Crippen LogP contribution in [0.15, 0.2) is 96.7 Å². The average Bonchev–Trinajstić information content (AvgIpc) is 3.28. The zero-order chi connectivity index (χ0) is 23.2. The van der Waals surface area contributed by atoms with Gasteiger partial charge in [-0.2, -0.15) is 10.4 Å². The topological polar surface area (TPSA) is 70.7 Å². The molecule has 1 heterocycles. The Morgan fingerprint density at radius 1 is 1.00 bits per heavy atom. The molecule has 1 unspecified atom stereocenters. The zero-order valence-electron chi connectivity index (χ0n) is 18.6. The van der Waals surface area contributed by atoms with Crippen LogP contribution in [-0.4, -0.2) is 15.7 Å². The summed E-state index contributed by atoms with van der Waals surface area (Å²) in [5.41, 5.74) is 5.35. The summed E-state index contributed by atoms with van der Waals surface area (Å²) in [5, 5.41) is 17.4. The van der Waals surface area contributed by atoms with Gasteiger partial charge in [0.2, 0.25) is 0 Å². The molecule has 1 N–H and O–H groups in total. The maximum absolute atomic E-state index is 12.9. The third-order valence-corrected chi connectivity index (χ3v) is 5.40. The molecular formula is C28H24N4O. The third-order valence-electron chi connectivity index (χ3n) is 5.40. The molecule has 0 aliphatic rings. The van der Waals surface area contributed by atoms with Gasteiger partial charge >= 0.3 is 0 Å². The first-order valence-electron chi connectivity index (χ1n) is 10.7. The monoisotopic (exact) mass is 432 g/mol. The Bertz CT molecular complexity index is 1310. The molecule has 0 radical (unpaired) electrons. The lowest BCUT2D eigenvalue weighted by Crippen LogP contribution is -2.27. The summed E-state index contributed by atoms with van der Waals surface area (Å²) in [7, 11) is 0. The normalized spacial score (nSPS) is 12.1. The van der Waals surface area contributed by atoms with Crippen LogP contribution in [0.25, 0.3) is 23.0 Å². The van der Waals surface area contributed by atoms with Gasteiger partial charge in [0, 0.05) is 17.3 Å². The van der Waals surface area contributed by atoms with Crippen LogP contribution in [0, 0.1) is 18.3 Å². The Hall–Kier alpha value is -4.43. The zero-order valence-corrected chi connectivity index (χ0v) is 18.6. The molecule has 0 saturated heterocycles. The second-order valence-corrected chi connectivity index (χ2v) is 7.85. The lowest BCUT2D eigenvalue weighted by molar-refractivity contribution is -0.117. The summed E-state index contributed by atoms with van der Waals surface area (Å²) in [4.78, 5) is 12.9. The molecule has 0 spiro atoms. The molecule has 1 atom stereocenters. The minimum atomic E-state index is -0.420. The summed E-state index contributed by atoms with van der Waals surface area (Å²) >= 11 is 0. The molecule has 4 rings (SSSR count). The smallest absolute Gasteiger partial charge is 0.262 e. The first-order valence-corrected chi connectivity index (χ1v) is 10.7. The van der Waals surface area contributed by atoms with E-state index in [2.05, 4.69) is 11.4 Å². The van der Waals surface area contributed by atoms with Crippen LogP contribution < -0.4 is 5.32 Å².